The molecule has 0 bridgehead atoms. The summed E-state index contributed by atoms with van der Waals surface area (Å²) in [7, 11) is -0.722. The van der Waals surface area contributed by atoms with Crippen LogP contribution in [0.4, 0.5) is 22.0 Å². The maximum atomic E-state index is 13.8. The number of carboxylic acid groups (broad SMARTS) is 1. The van der Waals surface area contributed by atoms with Crippen LogP contribution in [0, 0.1) is 0 Å². The molecule has 174 valence electrons. The van der Waals surface area contributed by atoms with Gasteiger partial charge in [0.2, 0.25) is 5.91 Å². The topological polar surface area (TPSA) is 146 Å². The van der Waals surface area contributed by atoms with Crippen molar-refractivity contribution in [2.24, 2.45) is 0 Å². The molecule has 0 aliphatic carbocycles. The van der Waals surface area contributed by atoms with E-state index >= 15 is 0 Å². The fourth-order valence-electron chi connectivity index (χ4n) is 3.27. The molecule has 1 aliphatic rings. The van der Waals surface area contributed by atoms with Gasteiger partial charge in [0.05, 0.1) is 18.8 Å². The average Bonchev–Trinajstić information content (AvgIpc) is 3.17. The zero-order valence-corrected chi connectivity index (χ0v) is 19.0. The Morgan fingerprint density at radius 1 is 1.34 bits per heavy atom. The molecule has 13 heteroatoms. The molecular weight excluding hydrogens is 440 g/mol. The van der Waals surface area contributed by atoms with Crippen LogP contribution in [0.2, 0.25) is 0 Å². The number of amides is 2. The summed E-state index contributed by atoms with van der Waals surface area (Å²) < 4.78 is 36.1. The second-order valence-corrected chi connectivity index (χ2v) is 9.22. The number of hydrogen-bond donors (Lipinski definition) is 3. The van der Waals surface area contributed by atoms with E-state index in [0.29, 0.717) is 6.54 Å². The number of hydrogen-bond acceptors (Lipinski definition) is 7. The van der Waals surface area contributed by atoms with Crippen LogP contribution < -0.4 is 24.6 Å². The number of nitrogens with one attached hydrogen (secondary N) is 2. The first-order valence-corrected chi connectivity index (χ1v) is 11.3. The van der Waals surface area contributed by atoms with Gasteiger partial charge in [0, 0.05) is 39.4 Å². The minimum absolute atomic E-state index is 0.00655. The van der Waals surface area contributed by atoms with Gasteiger partial charge in [-0.3, -0.25) is 19.1 Å². The lowest BCUT2D eigenvalue weighted by atomic mass is 10.2. The molecule has 3 rings (SSSR count). The molecule has 1 aliphatic heterocycles. The first-order chi connectivity index (χ1) is 15.0. The molecule has 2 aromatic rings. The van der Waals surface area contributed by atoms with Gasteiger partial charge in [-0.1, -0.05) is 0 Å². The molecule has 0 radical (unpaired) electrons. The van der Waals surface area contributed by atoms with Crippen LogP contribution in [0.15, 0.2) is 29.3 Å². The van der Waals surface area contributed by atoms with Gasteiger partial charge in [0.25, 0.3) is 10.0 Å². The minimum atomic E-state index is -4.12. The molecular formula is C19H26N6O6S. The predicted molar refractivity (Wildman–Crippen MR) is 118 cm³/mol. The van der Waals surface area contributed by atoms with Gasteiger partial charge < -0.3 is 20.1 Å². The molecule has 1 unspecified atom stereocenters. The second kappa shape index (κ2) is 8.94. The van der Waals surface area contributed by atoms with Crippen molar-refractivity contribution in [3.63, 3.8) is 0 Å². The van der Waals surface area contributed by atoms with E-state index in [9.17, 15) is 18.0 Å². The number of sulfonamides is 1. The Labute approximate surface area is 185 Å². The van der Waals surface area contributed by atoms with Crippen molar-refractivity contribution in [2.45, 2.75) is 31.4 Å². The van der Waals surface area contributed by atoms with E-state index in [0.717, 1.165) is 4.31 Å². The van der Waals surface area contributed by atoms with Crippen molar-refractivity contribution in [1.29, 1.82) is 0 Å². The van der Waals surface area contributed by atoms with Crippen LogP contribution >= 0.6 is 0 Å². The third-order valence-electron chi connectivity index (χ3n) is 4.75. The second-order valence-electron chi connectivity index (χ2n) is 7.39. The maximum Gasteiger partial charge on any atom is 0.409 e. The number of ether oxygens (including phenoxy) is 1. The SMILES string of the molecule is CCn1cc(S(=O)(=O)N2CC(CNC(C)=O)Oc3ccc(NC(=O)O)cc32)c(N(C)C)n1. The van der Waals surface area contributed by atoms with Crippen LogP contribution in [-0.4, -0.2) is 68.6 Å². The highest BCUT2D eigenvalue weighted by atomic mass is 32.2. The monoisotopic (exact) mass is 466 g/mol. The third-order valence-corrected chi connectivity index (χ3v) is 6.52. The molecule has 0 fully saturated rings. The standard InChI is InChI=1S/C19H26N6O6S/c1-5-24-11-17(18(22-24)23(3)4)32(29,30)25-10-14(9-20-12(2)26)31-16-7-6-13(8-15(16)25)21-19(27)28/h6-8,11,14,21H,5,9-10H2,1-4H3,(H,20,26)(H,27,28). The number of carbonyl (C=O) groups is 2. The van der Waals surface area contributed by atoms with E-state index in [1.165, 1.54) is 36.0 Å². The quantitative estimate of drug-likeness (QED) is 0.551. The van der Waals surface area contributed by atoms with E-state index in [-0.39, 0.29) is 46.8 Å². The first kappa shape index (κ1) is 23.2. The van der Waals surface area contributed by atoms with Crippen LogP contribution in [0.25, 0.3) is 0 Å². The van der Waals surface area contributed by atoms with Crippen molar-refractivity contribution in [3.05, 3.63) is 24.4 Å². The number of rotatable bonds is 7. The summed E-state index contributed by atoms with van der Waals surface area (Å²) in [6, 6.07) is 4.36. The first-order valence-electron chi connectivity index (χ1n) is 9.85. The predicted octanol–water partition coefficient (Wildman–Crippen LogP) is 1.15. The van der Waals surface area contributed by atoms with Crippen LogP contribution in [0.1, 0.15) is 13.8 Å². The van der Waals surface area contributed by atoms with Crippen molar-refractivity contribution < 1.29 is 27.9 Å². The largest absolute Gasteiger partial charge is 0.484 e. The third kappa shape index (κ3) is 4.72. The molecule has 0 saturated carbocycles. The van der Waals surface area contributed by atoms with Gasteiger partial charge >= 0.3 is 6.09 Å². The normalized spacial score (nSPS) is 15.5. The van der Waals surface area contributed by atoms with E-state index < -0.39 is 22.2 Å². The molecule has 1 atom stereocenters. The molecule has 12 nitrogen and oxygen atoms in total. The minimum Gasteiger partial charge on any atom is -0.484 e. The Hall–Kier alpha value is -3.48. The van der Waals surface area contributed by atoms with E-state index in [1.807, 2.05) is 6.92 Å². The number of fused-ring (bicyclic) bond motifs is 1. The zero-order chi connectivity index (χ0) is 23.6. The van der Waals surface area contributed by atoms with E-state index in [1.54, 1.807) is 19.0 Å². The molecule has 1 aromatic carbocycles. The van der Waals surface area contributed by atoms with Gasteiger partial charge in [-0.05, 0) is 25.1 Å². The molecule has 3 N–H and O–H groups in total. The number of aryl methyl sites for hydroxylation is 1. The van der Waals surface area contributed by atoms with Gasteiger partial charge in [-0.15, -0.1) is 0 Å². The fourth-order valence-corrected chi connectivity index (χ4v) is 4.98. The Balaban J connectivity index is 2.11. The zero-order valence-electron chi connectivity index (χ0n) is 18.2. The van der Waals surface area contributed by atoms with Crippen molar-refractivity contribution in [2.75, 3.05) is 41.7 Å². The van der Waals surface area contributed by atoms with Gasteiger partial charge in [-0.2, -0.15) is 5.10 Å². The Kier molecular flexibility index (Phi) is 6.48. The molecule has 0 saturated heterocycles. The number of carbonyl (C=O) groups excluding carboxylic acids is 1. The molecule has 1 aromatic heterocycles. The van der Waals surface area contributed by atoms with Gasteiger partial charge in [0.1, 0.15) is 16.7 Å². The van der Waals surface area contributed by atoms with Crippen molar-refractivity contribution >= 4 is 39.2 Å². The average molecular weight is 467 g/mol. The fraction of sp³-hybridized carbons (Fsp3) is 0.421. The molecule has 2 heterocycles. The smallest absolute Gasteiger partial charge is 0.409 e. The molecule has 32 heavy (non-hydrogen) atoms. The number of nitrogens with zero attached hydrogens (tertiary/aromatic N) is 4. The Morgan fingerprint density at radius 3 is 2.66 bits per heavy atom. The highest BCUT2D eigenvalue weighted by molar-refractivity contribution is 7.93. The molecule has 2 amide bonds. The number of aromatic nitrogens is 2. The summed E-state index contributed by atoms with van der Waals surface area (Å²) in [5.74, 6) is 0.257. The molecule has 0 spiro atoms. The number of anilines is 3. The lowest BCUT2D eigenvalue weighted by Gasteiger charge is -2.35. The summed E-state index contributed by atoms with van der Waals surface area (Å²) in [6.07, 6.45) is -0.468. The highest BCUT2D eigenvalue weighted by Gasteiger charge is 2.37. The lowest BCUT2D eigenvalue weighted by Crippen LogP contribution is -2.48. The number of benzene rings is 1. The Morgan fingerprint density at radius 2 is 2.06 bits per heavy atom. The maximum absolute atomic E-state index is 13.8. The summed E-state index contributed by atoms with van der Waals surface area (Å²) in [6.45, 7) is 3.70. The summed E-state index contributed by atoms with van der Waals surface area (Å²) in [5, 5.41) is 18.2. The van der Waals surface area contributed by atoms with Crippen molar-refractivity contribution in [3.8, 4) is 5.75 Å². The Bertz CT molecular complexity index is 1130. The van der Waals surface area contributed by atoms with E-state index in [2.05, 4.69) is 15.7 Å². The van der Waals surface area contributed by atoms with Crippen LogP contribution in [-0.2, 0) is 21.4 Å². The van der Waals surface area contributed by atoms with Gasteiger partial charge in [0.15, 0.2) is 5.82 Å². The van der Waals surface area contributed by atoms with Gasteiger partial charge in [-0.25, -0.2) is 13.2 Å². The summed E-state index contributed by atoms with van der Waals surface area (Å²) in [5.41, 5.74) is 0.377. The lowest BCUT2D eigenvalue weighted by molar-refractivity contribution is -0.119. The highest BCUT2D eigenvalue weighted by Crippen LogP contribution is 2.40. The summed E-state index contributed by atoms with van der Waals surface area (Å²) >= 11 is 0. The van der Waals surface area contributed by atoms with Crippen LogP contribution in [0.5, 0.6) is 5.75 Å². The summed E-state index contributed by atoms with van der Waals surface area (Å²) in [4.78, 5) is 24.0. The van der Waals surface area contributed by atoms with Crippen LogP contribution in [0.3, 0.4) is 0 Å². The van der Waals surface area contributed by atoms with E-state index in [4.69, 9.17) is 9.84 Å². The van der Waals surface area contributed by atoms with Crippen molar-refractivity contribution in [1.82, 2.24) is 15.1 Å².